The summed E-state index contributed by atoms with van der Waals surface area (Å²) < 4.78 is 5.24. The van der Waals surface area contributed by atoms with Gasteiger partial charge in [-0.05, 0) is 36.6 Å². The Balaban J connectivity index is 0.00000288. The van der Waals surface area contributed by atoms with Gasteiger partial charge in [-0.3, -0.25) is 4.99 Å². The van der Waals surface area contributed by atoms with E-state index in [4.69, 9.17) is 4.74 Å². The molecule has 5 heteroatoms. The average molecular weight is 439 g/mol. The van der Waals surface area contributed by atoms with Crippen LogP contribution in [0.3, 0.4) is 0 Å². The average Bonchev–Trinajstić information content (AvgIpc) is 2.59. The molecule has 2 aromatic rings. The van der Waals surface area contributed by atoms with E-state index in [1.165, 1.54) is 16.7 Å². The second-order valence-electron chi connectivity index (χ2n) is 5.44. The summed E-state index contributed by atoms with van der Waals surface area (Å²) in [5.41, 5.74) is 3.76. The number of hydrogen-bond acceptors (Lipinski definition) is 2. The van der Waals surface area contributed by atoms with Crippen LogP contribution in [0.5, 0.6) is 5.75 Å². The number of ether oxygens (including phenoxy) is 1. The third-order valence-corrected chi connectivity index (χ3v) is 3.64. The van der Waals surface area contributed by atoms with Crippen LogP contribution < -0.4 is 15.4 Å². The number of hydrogen-bond donors (Lipinski definition) is 2. The van der Waals surface area contributed by atoms with Gasteiger partial charge in [-0.1, -0.05) is 42.0 Å². The Labute approximate surface area is 161 Å². The maximum Gasteiger partial charge on any atom is 0.191 e. The number of rotatable bonds is 6. The van der Waals surface area contributed by atoms with Crippen LogP contribution in [-0.4, -0.2) is 26.7 Å². The van der Waals surface area contributed by atoms with Gasteiger partial charge in [0.25, 0.3) is 0 Å². The number of nitrogens with zero attached hydrogens (tertiary/aromatic N) is 1. The molecule has 0 saturated carbocycles. The summed E-state index contributed by atoms with van der Waals surface area (Å²) in [4.78, 5) is 4.26. The highest BCUT2D eigenvalue weighted by molar-refractivity contribution is 14.0. The topological polar surface area (TPSA) is 45.7 Å². The van der Waals surface area contributed by atoms with Crippen LogP contribution in [-0.2, 0) is 13.0 Å². The van der Waals surface area contributed by atoms with Gasteiger partial charge in [0.15, 0.2) is 5.96 Å². The highest BCUT2D eigenvalue weighted by Gasteiger charge is 2.00. The molecule has 0 radical (unpaired) electrons. The molecule has 130 valence electrons. The Hall–Kier alpha value is -1.76. The lowest BCUT2D eigenvalue weighted by Gasteiger charge is -2.12. The molecule has 0 saturated heterocycles. The van der Waals surface area contributed by atoms with Crippen molar-refractivity contribution in [3.63, 3.8) is 0 Å². The molecule has 0 fully saturated rings. The number of halogens is 1. The zero-order valence-corrected chi connectivity index (χ0v) is 16.8. The van der Waals surface area contributed by atoms with Gasteiger partial charge in [-0.25, -0.2) is 0 Å². The van der Waals surface area contributed by atoms with Crippen molar-refractivity contribution in [2.45, 2.75) is 19.9 Å². The van der Waals surface area contributed by atoms with Crippen LogP contribution in [0.4, 0.5) is 0 Å². The van der Waals surface area contributed by atoms with E-state index >= 15 is 0 Å². The molecular weight excluding hydrogens is 413 g/mol. The smallest absolute Gasteiger partial charge is 0.191 e. The fourth-order valence-corrected chi connectivity index (χ4v) is 2.27. The van der Waals surface area contributed by atoms with E-state index in [2.05, 4.69) is 58.9 Å². The van der Waals surface area contributed by atoms with Crippen LogP contribution in [0.2, 0.25) is 0 Å². The van der Waals surface area contributed by atoms with E-state index < -0.39 is 0 Å². The lowest BCUT2D eigenvalue weighted by molar-refractivity contribution is 0.414. The third kappa shape index (κ3) is 6.78. The first-order valence-electron chi connectivity index (χ1n) is 7.84. The Morgan fingerprint density at radius 1 is 1.04 bits per heavy atom. The molecule has 2 rings (SSSR count). The van der Waals surface area contributed by atoms with Crippen LogP contribution in [0.1, 0.15) is 16.7 Å². The molecule has 2 N–H and O–H groups in total. The minimum Gasteiger partial charge on any atom is -0.497 e. The van der Waals surface area contributed by atoms with E-state index in [9.17, 15) is 0 Å². The fraction of sp³-hybridized carbons (Fsp3) is 0.316. The van der Waals surface area contributed by atoms with E-state index in [1.54, 1.807) is 14.2 Å². The molecule has 0 unspecified atom stereocenters. The highest BCUT2D eigenvalue weighted by atomic mass is 127. The van der Waals surface area contributed by atoms with Crippen molar-refractivity contribution in [3.8, 4) is 5.75 Å². The molecule has 4 nitrogen and oxygen atoms in total. The van der Waals surface area contributed by atoms with Crippen LogP contribution in [0.15, 0.2) is 53.5 Å². The van der Waals surface area contributed by atoms with Gasteiger partial charge < -0.3 is 15.4 Å². The van der Waals surface area contributed by atoms with Crippen molar-refractivity contribution in [1.29, 1.82) is 0 Å². The SMILES string of the molecule is CN=C(NCCc1cccc(OC)c1)NCc1ccc(C)cc1.I. The zero-order valence-electron chi connectivity index (χ0n) is 14.5. The van der Waals surface area contributed by atoms with Gasteiger partial charge in [0.2, 0.25) is 0 Å². The Morgan fingerprint density at radius 3 is 2.46 bits per heavy atom. The van der Waals surface area contributed by atoms with E-state index in [1.807, 2.05) is 12.1 Å². The van der Waals surface area contributed by atoms with Crippen molar-refractivity contribution >= 4 is 29.9 Å². The molecule has 0 aromatic heterocycles. The predicted octanol–water partition coefficient (Wildman–Crippen LogP) is 3.53. The lowest BCUT2D eigenvalue weighted by Crippen LogP contribution is -2.37. The van der Waals surface area contributed by atoms with Crippen molar-refractivity contribution in [1.82, 2.24) is 10.6 Å². The number of benzene rings is 2. The van der Waals surface area contributed by atoms with Crippen molar-refractivity contribution in [2.24, 2.45) is 4.99 Å². The summed E-state index contributed by atoms with van der Waals surface area (Å²) in [6.07, 6.45) is 0.919. The summed E-state index contributed by atoms with van der Waals surface area (Å²) in [6.45, 7) is 3.68. The third-order valence-electron chi connectivity index (χ3n) is 3.64. The minimum absolute atomic E-state index is 0. The number of methoxy groups -OCH3 is 1. The fourth-order valence-electron chi connectivity index (χ4n) is 2.27. The van der Waals surface area contributed by atoms with Crippen LogP contribution >= 0.6 is 24.0 Å². The summed E-state index contributed by atoms with van der Waals surface area (Å²) in [5.74, 6) is 1.71. The molecule has 0 heterocycles. The first-order chi connectivity index (χ1) is 11.2. The lowest BCUT2D eigenvalue weighted by atomic mass is 10.1. The number of nitrogens with one attached hydrogen (secondary N) is 2. The first-order valence-corrected chi connectivity index (χ1v) is 7.84. The van der Waals surface area contributed by atoms with Gasteiger partial charge >= 0.3 is 0 Å². The molecule has 24 heavy (non-hydrogen) atoms. The van der Waals surface area contributed by atoms with Gasteiger partial charge in [0.1, 0.15) is 5.75 Å². The number of guanidine groups is 1. The number of aliphatic imine (C=N–C) groups is 1. The normalized spacial score (nSPS) is 10.7. The summed E-state index contributed by atoms with van der Waals surface area (Å²) >= 11 is 0. The molecule has 0 aliphatic carbocycles. The van der Waals surface area contributed by atoms with Gasteiger partial charge in [0, 0.05) is 20.1 Å². The van der Waals surface area contributed by atoms with Crippen molar-refractivity contribution in [2.75, 3.05) is 20.7 Å². The molecule has 0 aliphatic rings. The minimum atomic E-state index is 0. The highest BCUT2D eigenvalue weighted by Crippen LogP contribution is 2.12. The maximum atomic E-state index is 5.24. The summed E-state index contributed by atoms with van der Waals surface area (Å²) in [7, 11) is 3.48. The Kier molecular flexibility index (Phi) is 9.22. The molecule has 0 amide bonds. The zero-order chi connectivity index (χ0) is 16.5. The monoisotopic (exact) mass is 439 g/mol. The van der Waals surface area contributed by atoms with Crippen molar-refractivity contribution < 1.29 is 4.74 Å². The van der Waals surface area contributed by atoms with Gasteiger partial charge in [-0.2, -0.15) is 0 Å². The largest absolute Gasteiger partial charge is 0.497 e. The molecular formula is C19H26IN3O. The maximum absolute atomic E-state index is 5.24. The standard InChI is InChI=1S/C19H25N3O.HI/c1-15-7-9-17(10-8-15)14-22-19(20-2)21-12-11-16-5-4-6-18(13-16)23-3;/h4-10,13H,11-12,14H2,1-3H3,(H2,20,21,22);1H. The van der Waals surface area contributed by atoms with E-state index in [0.717, 1.165) is 31.2 Å². The molecule has 2 aromatic carbocycles. The van der Waals surface area contributed by atoms with Gasteiger partial charge in [-0.15, -0.1) is 24.0 Å². The number of aryl methyl sites for hydroxylation is 1. The molecule has 0 spiro atoms. The van der Waals surface area contributed by atoms with E-state index in [0.29, 0.717) is 0 Å². The molecule has 0 bridgehead atoms. The first kappa shape index (κ1) is 20.3. The van der Waals surface area contributed by atoms with Crippen molar-refractivity contribution in [3.05, 3.63) is 65.2 Å². The Morgan fingerprint density at radius 2 is 1.79 bits per heavy atom. The predicted molar refractivity (Wildman–Crippen MR) is 111 cm³/mol. The van der Waals surface area contributed by atoms with Gasteiger partial charge in [0.05, 0.1) is 7.11 Å². The molecule has 0 aliphatic heterocycles. The van der Waals surface area contributed by atoms with E-state index in [-0.39, 0.29) is 24.0 Å². The van der Waals surface area contributed by atoms with Crippen LogP contribution in [0, 0.1) is 6.92 Å². The quantitative estimate of drug-likeness (QED) is 0.411. The second-order valence-corrected chi connectivity index (χ2v) is 5.44. The Bertz CT molecular complexity index is 641. The summed E-state index contributed by atoms with van der Waals surface area (Å²) in [6, 6.07) is 16.6. The van der Waals surface area contributed by atoms with Crippen LogP contribution in [0.25, 0.3) is 0 Å². The summed E-state index contributed by atoms with van der Waals surface area (Å²) in [5, 5.41) is 6.66. The second kappa shape index (κ2) is 10.9. The molecule has 0 atom stereocenters.